The Morgan fingerprint density at radius 3 is 2.43 bits per heavy atom. The highest BCUT2D eigenvalue weighted by Gasteiger charge is 2.30. The van der Waals surface area contributed by atoms with Crippen LogP contribution in [0.2, 0.25) is 0 Å². The van der Waals surface area contributed by atoms with Crippen molar-refractivity contribution in [3.05, 3.63) is 35.4 Å². The summed E-state index contributed by atoms with van der Waals surface area (Å²) in [5.41, 5.74) is 8.09. The van der Waals surface area contributed by atoms with E-state index in [0.29, 0.717) is 5.92 Å². The predicted octanol–water partition coefficient (Wildman–Crippen LogP) is 2.59. The van der Waals surface area contributed by atoms with Crippen molar-refractivity contribution in [2.24, 2.45) is 11.7 Å². The van der Waals surface area contributed by atoms with Crippen LogP contribution in [0.4, 0.5) is 4.79 Å². The monoisotopic (exact) mass is 317 g/mol. The quantitative estimate of drug-likeness (QED) is 0.876. The molecule has 2 atom stereocenters. The second-order valence-corrected chi connectivity index (χ2v) is 6.74. The third-order valence-electron chi connectivity index (χ3n) is 4.70. The first-order chi connectivity index (χ1) is 11.1. The lowest BCUT2D eigenvalue weighted by molar-refractivity contribution is 0.0528. The van der Waals surface area contributed by atoms with Gasteiger partial charge in [0.15, 0.2) is 0 Å². The standard InChI is InChI=1S/C18H27N3O2/c1-13(19)15-4-6-16(7-5-15)17(12-14-2-3-14)23-18(22)21-10-8-20-9-11-21/h4-7,13-14,17,20H,2-3,8-12,19H2,1H3/t13-,17?/m0/s1. The van der Waals surface area contributed by atoms with E-state index in [9.17, 15) is 4.79 Å². The molecule has 1 amide bonds. The maximum absolute atomic E-state index is 12.4. The van der Waals surface area contributed by atoms with Crippen LogP contribution in [0.1, 0.15) is 49.5 Å². The van der Waals surface area contributed by atoms with E-state index in [1.165, 1.54) is 12.8 Å². The third kappa shape index (κ3) is 4.45. The molecule has 3 rings (SSSR count). The molecule has 23 heavy (non-hydrogen) atoms. The molecular weight excluding hydrogens is 290 g/mol. The van der Waals surface area contributed by atoms with Gasteiger partial charge in [-0.1, -0.05) is 37.1 Å². The van der Waals surface area contributed by atoms with Crippen molar-refractivity contribution in [3.8, 4) is 0 Å². The number of hydrogen-bond donors (Lipinski definition) is 2. The average Bonchev–Trinajstić information content (AvgIpc) is 3.39. The Labute approximate surface area is 138 Å². The predicted molar refractivity (Wildman–Crippen MR) is 90.1 cm³/mol. The van der Waals surface area contributed by atoms with Crippen LogP contribution in [0.15, 0.2) is 24.3 Å². The summed E-state index contributed by atoms with van der Waals surface area (Å²) in [6.45, 7) is 5.09. The highest BCUT2D eigenvalue weighted by atomic mass is 16.6. The Morgan fingerprint density at radius 2 is 1.87 bits per heavy atom. The molecule has 0 spiro atoms. The van der Waals surface area contributed by atoms with E-state index in [2.05, 4.69) is 17.4 Å². The van der Waals surface area contributed by atoms with Crippen molar-refractivity contribution in [1.82, 2.24) is 10.2 Å². The van der Waals surface area contributed by atoms with Gasteiger partial charge in [0, 0.05) is 32.2 Å². The van der Waals surface area contributed by atoms with Crippen molar-refractivity contribution >= 4 is 6.09 Å². The van der Waals surface area contributed by atoms with Gasteiger partial charge >= 0.3 is 6.09 Å². The number of carbonyl (C=O) groups is 1. The number of ether oxygens (including phenoxy) is 1. The number of nitrogens with zero attached hydrogens (tertiary/aromatic N) is 1. The number of piperazine rings is 1. The van der Waals surface area contributed by atoms with Gasteiger partial charge in [0.25, 0.3) is 0 Å². The summed E-state index contributed by atoms with van der Waals surface area (Å²) in [5.74, 6) is 0.698. The first kappa shape index (κ1) is 16.3. The molecule has 1 saturated carbocycles. The summed E-state index contributed by atoms with van der Waals surface area (Å²) in [6.07, 6.45) is 3.09. The molecule has 1 unspecified atom stereocenters. The Bertz CT molecular complexity index is 520. The Balaban J connectivity index is 1.67. The fraction of sp³-hybridized carbons (Fsp3) is 0.611. The topological polar surface area (TPSA) is 67.6 Å². The zero-order chi connectivity index (χ0) is 16.2. The molecule has 0 bridgehead atoms. The fourth-order valence-electron chi connectivity index (χ4n) is 2.97. The molecule has 2 aliphatic rings. The first-order valence-electron chi connectivity index (χ1n) is 8.65. The zero-order valence-electron chi connectivity index (χ0n) is 13.8. The molecule has 1 aliphatic heterocycles. The number of benzene rings is 1. The van der Waals surface area contributed by atoms with E-state index in [-0.39, 0.29) is 18.2 Å². The maximum Gasteiger partial charge on any atom is 0.410 e. The second-order valence-electron chi connectivity index (χ2n) is 6.74. The summed E-state index contributed by atoms with van der Waals surface area (Å²) in [6, 6.07) is 8.21. The first-order valence-corrected chi connectivity index (χ1v) is 8.65. The van der Waals surface area contributed by atoms with Crippen molar-refractivity contribution in [1.29, 1.82) is 0 Å². The molecule has 1 saturated heterocycles. The van der Waals surface area contributed by atoms with E-state index < -0.39 is 0 Å². The van der Waals surface area contributed by atoms with Gasteiger partial charge in [0.2, 0.25) is 0 Å². The zero-order valence-corrected chi connectivity index (χ0v) is 13.8. The largest absolute Gasteiger partial charge is 0.441 e. The lowest BCUT2D eigenvalue weighted by atomic mass is 10.0. The van der Waals surface area contributed by atoms with Crippen LogP contribution in [0.25, 0.3) is 0 Å². The lowest BCUT2D eigenvalue weighted by Gasteiger charge is -2.29. The maximum atomic E-state index is 12.4. The molecule has 2 fully saturated rings. The smallest absolute Gasteiger partial charge is 0.410 e. The molecule has 126 valence electrons. The number of nitrogens with one attached hydrogen (secondary N) is 1. The molecule has 0 aromatic heterocycles. The number of hydrogen-bond acceptors (Lipinski definition) is 4. The molecule has 1 heterocycles. The molecule has 5 nitrogen and oxygen atoms in total. The molecule has 1 aliphatic carbocycles. The minimum Gasteiger partial charge on any atom is -0.441 e. The summed E-state index contributed by atoms with van der Waals surface area (Å²) in [7, 11) is 0. The van der Waals surface area contributed by atoms with Gasteiger partial charge in [-0.2, -0.15) is 0 Å². The molecule has 5 heteroatoms. The van der Waals surface area contributed by atoms with Crippen molar-refractivity contribution in [2.75, 3.05) is 26.2 Å². The molecule has 1 aromatic rings. The van der Waals surface area contributed by atoms with E-state index in [0.717, 1.165) is 43.7 Å². The van der Waals surface area contributed by atoms with Crippen LogP contribution >= 0.6 is 0 Å². The Morgan fingerprint density at radius 1 is 1.26 bits per heavy atom. The van der Waals surface area contributed by atoms with Crippen LogP contribution in [0, 0.1) is 5.92 Å². The van der Waals surface area contributed by atoms with E-state index in [4.69, 9.17) is 10.5 Å². The van der Waals surface area contributed by atoms with Crippen LogP contribution in [-0.4, -0.2) is 37.2 Å². The normalized spacial score (nSPS) is 20.9. The van der Waals surface area contributed by atoms with Crippen molar-refractivity contribution in [2.45, 2.75) is 38.3 Å². The summed E-state index contributed by atoms with van der Waals surface area (Å²) in [5, 5.41) is 3.25. The highest BCUT2D eigenvalue weighted by molar-refractivity contribution is 5.68. The lowest BCUT2D eigenvalue weighted by Crippen LogP contribution is -2.46. The third-order valence-corrected chi connectivity index (χ3v) is 4.70. The van der Waals surface area contributed by atoms with Gasteiger partial charge in [-0.05, 0) is 30.4 Å². The van der Waals surface area contributed by atoms with E-state index in [1.54, 1.807) is 4.90 Å². The highest BCUT2D eigenvalue weighted by Crippen LogP contribution is 2.39. The average molecular weight is 317 g/mol. The Hall–Kier alpha value is -1.59. The molecular formula is C18H27N3O2. The molecule has 1 aromatic carbocycles. The van der Waals surface area contributed by atoms with Gasteiger partial charge in [-0.15, -0.1) is 0 Å². The van der Waals surface area contributed by atoms with Gasteiger partial charge in [-0.3, -0.25) is 0 Å². The molecule has 0 radical (unpaired) electrons. The number of carbonyl (C=O) groups excluding carboxylic acids is 1. The summed E-state index contributed by atoms with van der Waals surface area (Å²) >= 11 is 0. The van der Waals surface area contributed by atoms with Crippen LogP contribution in [-0.2, 0) is 4.74 Å². The summed E-state index contributed by atoms with van der Waals surface area (Å²) < 4.78 is 5.86. The SMILES string of the molecule is C[C@H](N)c1ccc(C(CC2CC2)OC(=O)N2CCNCC2)cc1. The van der Waals surface area contributed by atoms with Crippen molar-refractivity contribution in [3.63, 3.8) is 0 Å². The van der Waals surface area contributed by atoms with Crippen LogP contribution in [0.3, 0.4) is 0 Å². The van der Waals surface area contributed by atoms with Gasteiger partial charge < -0.3 is 20.7 Å². The van der Waals surface area contributed by atoms with E-state index >= 15 is 0 Å². The number of amides is 1. The van der Waals surface area contributed by atoms with E-state index in [1.807, 2.05) is 19.1 Å². The second kappa shape index (κ2) is 7.32. The van der Waals surface area contributed by atoms with Crippen molar-refractivity contribution < 1.29 is 9.53 Å². The van der Waals surface area contributed by atoms with Gasteiger partial charge in [0.1, 0.15) is 6.10 Å². The minimum atomic E-state index is -0.187. The van der Waals surface area contributed by atoms with Gasteiger partial charge in [0.05, 0.1) is 0 Å². The van der Waals surface area contributed by atoms with Crippen LogP contribution < -0.4 is 11.1 Å². The van der Waals surface area contributed by atoms with Crippen LogP contribution in [0.5, 0.6) is 0 Å². The Kier molecular flexibility index (Phi) is 5.18. The summed E-state index contributed by atoms with van der Waals surface area (Å²) in [4.78, 5) is 14.2. The fourth-order valence-corrected chi connectivity index (χ4v) is 2.97. The van der Waals surface area contributed by atoms with Gasteiger partial charge in [-0.25, -0.2) is 4.79 Å². The number of rotatable bonds is 5. The number of nitrogens with two attached hydrogens (primary N) is 1. The molecule has 3 N–H and O–H groups in total. The minimum absolute atomic E-state index is 0.0225.